The number of hydrogen-bond donors (Lipinski definition) is 2. The van der Waals surface area contributed by atoms with Gasteiger partial charge in [0.15, 0.2) is 11.6 Å². The van der Waals surface area contributed by atoms with Crippen molar-refractivity contribution in [3.63, 3.8) is 0 Å². The Hall–Kier alpha value is -1.53. The molecule has 0 spiro atoms. The third-order valence-electron chi connectivity index (χ3n) is 5.55. The number of halogens is 2. The van der Waals surface area contributed by atoms with E-state index in [-0.39, 0.29) is 18.0 Å². The SMILES string of the molecule is O=C(C1NNC2CCCC21)N1CCCC1c1ccc(F)c(F)c1. The Labute approximate surface area is 134 Å². The molecule has 2 N–H and O–H groups in total. The quantitative estimate of drug-likeness (QED) is 0.878. The normalized spacial score (nSPS) is 33.2. The molecule has 3 aliphatic rings. The van der Waals surface area contributed by atoms with Crippen LogP contribution in [0, 0.1) is 17.6 Å². The number of nitrogens with one attached hydrogen (secondary N) is 2. The molecule has 4 atom stereocenters. The number of carbonyl (C=O) groups is 1. The molecule has 23 heavy (non-hydrogen) atoms. The number of rotatable bonds is 2. The number of hydrazine groups is 1. The highest BCUT2D eigenvalue weighted by atomic mass is 19.2. The minimum atomic E-state index is -0.849. The van der Waals surface area contributed by atoms with Gasteiger partial charge in [-0.3, -0.25) is 10.2 Å². The van der Waals surface area contributed by atoms with Gasteiger partial charge in [0.1, 0.15) is 6.04 Å². The summed E-state index contributed by atoms with van der Waals surface area (Å²) >= 11 is 0. The first-order chi connectivity index (χ1) is 11.1. The predicted molar refractivity (Wildman–Crippen MR) is 81.2 cm³/mol. The van der Waals surface area contributed by atoms with Crippen LogP contribution in [-0.4, -0.2) is 29.4 Å². The Balaban J connectivity index is 1.55. The minimum absolute atomic E-state index is 0.0825. The van der Waals surface area contributed by atoms with Gasteiger partial charge in [0.2, 0.25) is 5.91 Å². The maximum atomic E-state index is 13.5. The average Bonchev–Trinajstić information content (AvgIpc) is 3.25. The number of hydrogen-bond acceptors (Lipinski definition) is 3. The van der Waals surface area contributed by atoms with Gasteiger partial charge in [-0.15, -0.1) is 0 Å². The molecule has 1 aliphatic carbocycles. The molecule has 4 unspecified atom stereocenters. The number of amides is 1. The lowest BCUT2D eigenvalue weighted by Gasteiger charge is -2.29. The lowest BCUT2D eigenvalue weighted by molar-refractivity contribution is -0.135. The Morgan fingerprint density at radius 2 is 1.96 bits per heavy atom. The van der Waals surface area contributed by atoms with E-state index in [0.29, 0.717) is 24.1 Å². The van der Waals surface area contributed by atoms with Crippen LogP contribution in [0.4, 0.5) is 8.78 Å². The van der Waals surface area contributed by atoms with E-state index in [1.807, 2.05) is 4.90 Å². The first-order valence-corrected chi connectivity index (χ1v) is 8.41. The molecule has 0 radical (unpaired) electrons. The van der Waals surface area contributed by atoms with Crippen LogP contribution in [0.1, 0.15) is 43.7 Å². The fraction of sp³-hybridized carbons (Fsp3) is 0.588. The maximum absolute atomic E-state index is 13.5. The van der Waals surface area contributed by atoms with Crippen molar-refractivity contribution in [3.05, 3.63) is 35.4 Å². The number of nitrogens with zero attached hydrogens (tertiary/aromatic N) is 1. The van der Waals surface area contributed by atoms with Crippen molar-refractivity contribution in [1.29, 1.82) is 0 Å². The monoisotopic (exact) mass is 321 g/mol. The third kappa shape index (κ3) is 2.54. The van der Waals surface area contributed by atoms with Crippen molar-refractivity contribution in [2.24, 2.45) is 5.92 Å². The number of carbonyl (C=O) groups excluding carboxylic acids is 1. The Kier molecular flexibility index (Phi) is 3.81. The summed E-state index contributed by atoms with van der Waals surface area (Å²) in [5.74, 6) is -1.27. The van der Waals surface area contributed by atoms with E-state index in [1.165, 1.54) is 6.07 Å². The molecular weight excluding hydrogens is 300 g/mol. The summed E-state index contributed by atoms with van der Waals surface area (Å²) in [6.07, 6.45) is 5.01. The van der Waals surface area contributed by atoms with Gasteiger partial charge < -0.3 is 4.90 Å². The molecule has 1 aromatic rings. The van der Waals surface area contributed by atoms with Crippen molar-refractivity contribution in [2.75, 3.05) is 6.54 Å². The van der Waals surface area contributed by atoms with Gasteiger partial charge in [-0.05, 0) is 43.4 Å². The van der Waals surface area contributed by atoms with E-state index < -0.39 is 11.6 Å². The van der Waals surface area contributed by atoms with Crippen LogP contribution in [-0.2, 0) is 4.79 Å². The second-order valence-electron chi connectivity index (χ2n) is 6.83. The number of likely N-dealkylation sites (tertiary alicyclic amines) is 1. The summed E-state index contributed by atoms with van der Waals surface area (Å²) in [4.78, 5) is 14.8. The minimum Gasteiger partial charge on any atom is -0.334 e. The molecule has 2 saturated heterocycles. The lowest BCUT2D eigenvalue weighted by Crippen LogP contribution is -2.47. The summed E-state index contributed by atoms with van der Waals surface area (Å²) < 4.78 is 26.7. The zero-order valence-corrected chi connectivity index (χ0v) is 12.9. The molecule has 6 heteroatoms. The van der Waals surface area contributed by atoms with Crippen molar-refractivity contribution in [1.82, 2.24) is 15.8 Å². The first-order valence-electron chi connectivity index (χ1n) is 8.41. The molecule has 0 aromatic heterocycles. The molecule has 1 saturated carbocycles. The van der Waals surface area contributed by atoms with E-state index in [1.54, 1.807) is 6.07 Å². The van der Waals surface area contributed by atoms with E-state index in [2.05, 4.69) is 10.9 Å². The van der Waals surface area contributed by atoms with Crippen LogP contribution in [0.3, 0.4) is 0 Å². The van der Waals surface area contributed by atoms with Crippen LogP contribution in [0.5, 0.6) is 0 Å². The van der Waals surface area contributed by atoms with Gasteiger partial charge in [-0.2, -0.15) is 0 Å². The van der Waals surface area contributed by atoms with E-state index in [4.69, 9.17) is 0 Å². The van der Waals surface area contributed by atoms with Crippen LogP contribution < -0.4 is 10.9 Å². The van der Waals surface area contributed by atoms with Crippen LogP contribution in [0.15, 0.2) is 18.2 Å². The van der Waals surface area contributed by atoms with E-state index in [0.717, 1.165) is 38.2 Å². The van der Waals surface area contributed by atoms with Crippen molar-refractivity contribution in [2.45, 2.75) is 50.2 Å². The van der Waals surface area contributed by atoms with Gasteiger partial charge >= 0.3 is 0 Å². The summed E-state index contributed by atoms with van der Waals surface area (Å²) in [5.41, 5.74) is 7.07. The first kappa shape index (κ1) is 15.0. The molecule has 1 aromatic carbocycles. The second-order valence-corrected chi connectivity index (χ2v) is 6.83. The molecule has 4 rings (SSSR count). The summed E-state index contributed by atoms with van der Waals surface area (Å²) in [7, 11) is 0. The topological polar surface area (TPSA) is 44.4 Å². The van der Waals surface area contributed by atoms with Crippen molar-refractivity contribution < 1.29 is 13.6 Å². The molecule has 1 amide bonds. The van der Waals surface area contributed by atoms with Gasteiger partial charge in [0.05, 0.1) is 6.04 Å². The van der Waals surface area contributed by atoms with Crippen molar-refractivity contribution in [3.8, 4) is 0 Å². The van der Waals surface area contributed by atoms with Gasteiger partial charge in [-0.1, -0.05) is 12.5 Å². The third-order valence-corrected chi connectivity index (χ3v) is 5.55. The molecule has 3 fully saturated rings. The molecule has 0 bridgehead atoms. The summed E-state index contributed by atoms with van der Waals surface area (Å²) in [5, 5.41) is 0. The van der Waals surface area contributed by atoms with Crippen LogP contribution in [0.2, 0.25) is 0 Å². The highest BCUT2D eigenvalue weighted by Gasteiger charge is 2.45. The summed E-state index contributed by atoms with van der Waals surface area (Å²) in [6, 6.07) is 3.99. The van der Waals surface area contributed by atoms with Gasteiger partial charge in [0.25, 0.3) is 0 Å². The zero-order valence-electron chi connectivity index (χ0n) is 12.9. The number of benzene rings is 1. The average molecular weight is 321 g/mol. The fourth-order valence-electron chi connectivity index (χ4n) is 4.39. The Morgan fingerprint density at radius 1 is 1.09 bits per heavy atom. The van der Waals surface area contributed by atoms with Crippen LogP contribution in [0.25, 0.3) is 0 Å². The Morgan fingerprint density at radius 3 is 2.78 bits per heavy atom. The maximum Gasteiger partial charge on any atom is 0.241 e. The smallest absolute Gasteiger partial charge is 0.241 e. The highest BCUT2D eigenvalue weighted by Crippen LogP contribution is 2.37. The molecule has 2 heterocycles. The van der Waals surface area contributed by atoms with Gasteiger partial charge in [-0.25, -0.2) is 14.2 Å². The molecule has 124 valence electrons. The van der Waals surface area contributed by atoms with Crippen molar-refractivity contribution >= 4 is 5.91 Å². The fourth-order valence-corrected chi connectivity index (χ4v) is 4.39. The van der Waals surface area contributed by atoms with E-state index in [9.17, 15) is 13.6 Å². The lowest BCUT2D eigenvalue weighted by atomic mass is 9.95. The largest absolute Gasteiger partial charge is 0.334 e. The predicted octanol–water partition coefficient (Wildman–Crippen LogP) is 2.27. The molecular formula is C17H21F2N3O. The standard InChI is InChI=1S/C17H21F2N3O/c18-12-7-6-10(9-13(12)19)15-5-2-8-22(15)17(23)16-11-3-1-4-14(11)20-21-16/h6-7,9,11,14-16,20-21H,1-5,8H2. The zero-order chi connectivity index (χ0) is 16.0. The highest BCUT2D eigenvalue weighted by molar-refractivity contribution is 5.83. The van der Waals surface area contributed by atoms with Crippen LogP contribution >= 0.6 is 0 Å². The number of fused-ring (bicyclic) bond motifs is 1. The molecule has 2 aliphatic heterocycles. The van der Waals surface area contributed by atoms with Gasteiger partial charge in [0, 0.05) is 18.5 Å². The van der Waals surface area contributed by atoms with E-state index >= 15 is 0 Å². The Bertz CT molecular complexity index is 624. The second kappa shape index (κ2) is 5.83. The summed E-state index contributed by atoms with van der Waals surface area (Å²) in [6.45, 7) is 0.679. The molecule has 4 nitrogen and oxygen atoms in total.